The van der Waals surface area contributed by atoms with Crippen LogP contribution in [0, 0.1) is 5.92 Å². The van der Waals surface area contributed by atoms with Gasteiger partial charge in [-0.2, -0.15) is 0 Å². The molecule has 0 saturated heterocycles. The van der Waals surface area contributed by atoms with E-state index >= 15 is 0 Å². The van der Waals surface area contributed by atoms with E-state index in [2.05, 4.69) is 13.0 Å². The molecular weight excluding hydrogens is 257 g/mol. The summed E-state index contributed by atoms with van der Waals surface area (Å²) in [5, 5.41) is 0. The van der Waals surface area contributed by atoms with Gasteiger partial charge in [-0.1, -0.05) is 18.2 Å². The van der Waals surface area contributed by atoms with Crippen molar-refractivity contribution in [2.75, 3.05) is 4.90 Å². The van der Waals surface area contributed by atoms with E-state index in [1.165, 1.54) is 5.56 Å². The molecule has 17 heavy (non-hydrogen) atoms. The van der Waals surface area contributed by atoms with Crippen LogP contribution in [0.15, 0.2) is 24.3 Å². The Morgan fingerprint density at radius 1 is 1.41 bits per heavy atom. The highest BCUT2D eigenvalue weighted by molar-refractivity contribution is 6.52. The molecule has 2 atom stereocenters. The van der Waals surface area contributed by atoms with Crippen LogP contribution in [0.5, 0.6) is 0 Å². The van der Waals surface area contributed by atoms with Crippen molar-refractivity contribution < 1.29 is 4.79 Å². The molecule has 1 fully saturated rings. The lowest BCUT2D eigenvalue weighted by atomic mass is 10.1. The molecule has 1 aliphatic heterocycles. The molecule has 0 radical (unpaired) electrons. The van der Waals surface area contributed by atoms with Gasteiger partial charge in [-0.25, -0.2) is 0 Å². The van der Waals surface area contributed by atoms with Crippen molar-refractivity contribution in [3.63, 3.8) is 0 Å². The van der Waals surface area contributed by atoms with Gasteiger partial charge in [-0.15, -0.1) is 23.2 Å². The Labute approximate surface area is 111 Å². The van der Waals surface area contributed by atoms with Crippen molar-refractivity contribution in [2.45, 2.75) is 30.1 Å². The van der Waals surface area contributed by atoms with Crippen molar-refractivity contribution in [2.24, 2.45) is 5.92 Å². The standard InChI is InChI=1S/C13H13Cl2NO/c1-8-6-9-4-2-3-5-11(9)16(8)12(17)10-7-13(10,14)15/h2-5,8,10H,6-7H2,1H3. The lowest BCUT2D eigenvalue weighted by Crippen LogP contribution is -2.37. The Bertz CT molecular complexity index is 486. The van der Waals surface area contributed by atoms with Gasteiger partial charge < -0.3 is 4.90 Å². The first kappa shape index (κ1) is 11.4. The van der Waals surface area contributed by atoms with E-state index in [1.54, 1.807) is 0 Å². The van der Waals surface area contributed by atoms with Gasteiger partial charge in [-0.3, -0.25) is 4.79 Å². The molecule has 0 spiro atoms. The summed E-state index contributed by atoms with van der Waals surface area (Å²) >= 11 is 11.9. The van der Waals surface area contributed by atoms with Gasteiger partial charge in [0.25, 0.3) is 0 Å². The normalized spacial score (nSPS) is 29.0. The molecule has 2 unspecified atom stereocenters. The quantitative estimate of drug-likeness (QED) is 0.718. The third kappa shape index (κ3) is 1.74. The van der Waals surface area contributed by atoms with Crippen LogP contribution in [0.25, 0.3) is 0 Å². The first-order valence-corrected chi connectivity index (χ1v) is 6.55. The number of rotatable bonds is 1. The lowest BCUT2D eigenvalue weighted by Gasteiger charge is -2.23. The van der Waals surface area contributed by atoms with Crippen LogP contribution >= 0.6 is 23.2 Å². The highest BCUT2D eigenvalue weighted by Gasteiger charge is 2.58. The number of hydrogen-bond donors (Lipinski definition) is 0. The first-order chi connectivity index (χ1) is 8.00. The van der Waals surface area contributed by atoms with E-state index in [4.69, 9.17) is 23.2 Å². The molecule has 1 aromatic carbocycles. The van der Waals surface area contributed by atoms with Crippen LogP contribution in [0.4, 0.5) is 5.69 Å². The molecule has 3 rings (SSSR count). The van der Waals surface area contributed by atoms with E-state index in [9.17, 15) is 4.79 Å². The highest BCUT2D eigenvalue weighted by atomic mass is 35.5. The first-order valence-electron chi connectivity index (χ1n) is 5.79. The molecule has 0 N–H and O–H groups in total. The second-order valence-electron chi connectivity index (χ2n) is 4.91. The maximum atomic E-state index is 12.4. The van der Waals surface area contributed by atoms with Gasteiger partial charge >= 0.3 is 0 Å². The third-order valence-corrected chi connectivity index (χ3v) is 4.40. The molecule has 2 aliphatic rings. The maximum Gasteiger partial charge on any atom is 0.233 e. The largest absolute Gasteiger partial charge is 0.309 e. The predicted octanol–water partition coefficient (Wildman–Crippen LogP) is 3.16. The summed E-state index contributed by atoms with van der Waals surface area (Å²) in [5.41, 5.74) is 2.24. The van der Waals surface area contributed by atoms with E-state index < -0.39 is 4.33 Å². The Kier molecular flexibility index (Phi) is 2.43. The number of nitrogens with zero attached hydrogens (tertiary/aromatic N) is 1. The number of alkyl halides is 2. The fourth-order valence-electron chi connectivity index (χ4n) is 2.55. The molecule has 1 amide bonds. The van der Waals surface area contributed by atoms with E-state index in [-0.39, 0.29) is 17.9 Å². The minimum atomic E-state index is -0.839. The zero-order valence-corrected chi connectivity index (χ0v) is 11.0. The van der Waals surface area contributed by atoms with Crippen LogP contribution in [-0.4, -0.2) is 16.3 Å². The van der Waals surface area contributed by atoms with Crippen molar-refractivity contribution >= 4 is 34.8 Å². The molecule has 1 aromatic rings. The summed E-state index contributed by atoms with van der Waals surface area (Å²) in [5.74, 6) is -0.174. The summed E-state index contributed by atoms with van der Waals surface area (Å²) in [7, 11) is 0. The number of para-hydroxylation sites is 1. The number of amides is 1. The van der Waals surface area contributed by atoms with Gasteiger partial charge in [0.1, 0.15) is 4.33 Å². The Morgan fingerprint density at radius 3 is 2.71 bits per heavy atom. The third-order valence-electron chi connectivity index (χ3n) is 3.57. The highest BCUT2D eigenvalue weighted by Crippen LogP contribution is 2.54. The fourth-order valence-corrected chi connectivity index (χ4v) is 3.05. The average molecular weight is 270 g/mol. The summed E-state index contributed by atoms with van der Waals surface area (Å²) in [6.07, 6.45) is 1.48. The van der Waals surface area contributed by atoms with Crippen LogP contribution in [0.2, 0.25) is 0 Å². The van der Waals surface area contributed by atoms with E-state index in [1.807, 2.05) is 23.1 Å². The van der Waals surface area contributed by atoms with Gasteiger partial charge in [0, 0.05) is 11.7 Å². The number of benzene rings is 1. The molecular formula is C13H13Cl2NO. The molecule has 0 aromatic heterocycles. The number of fused-ring (bicyclic) bond motifs is 1. The van der Waals surface area contributed by atoms with Gasteiger partial charge in [-0.05, 0) is 31.4 Å². The molecule has 1 heterocycles. The van der Waals surface area contributed by atoms with E-state index in [0.29, 0.717) is 6.42 Å². The molecule has 1 aliphatic carbocycles. The number of halogens is 2. The SMILES string of the molecule is CC1Cc2ccccc2N1C(=O)C1CC1(Cl)Cl. The number of carbonyl (C=O) groups is 1. The average Bonchev–Trinajstić information content (AvgIpc) is 2.78. The Morgan fingerprint density at radius 2 is 2.06 bits per heavy atom. The summed E-state index contributed by atoms with van der Waals surface area (Å²) in [6, 6.07) is 8.22. The zero-order chi connectivity index (χ0) is 12.2. The monoisotopic (exact) mass is 269 g/mol. The Hall–Kier alpha value is -0.730. The summed E-state index contributed by atoms with van der Waals surface area (Å²) < 4.78 is -0.839. The van der Waals surface area contributed by atoms with Crippen LogP contribution in [0.3, 0.4) is 0 Å². The van der Waals surface area contributed by atoms with Crippen LogP contribution < -0.4 is 4.90 Å². The number of carbonyl (C=O) groups excluding carboxylic acids is 1. The van der Waals surface area contributed by atoms with Gasteiger partial charge in [0.15, 0.2) is 0 Å². The van der Waals surface area contributed by atoms with Crippen molar-refractivity contribution in [3.05, 3.63) is 29.8 Å². The van der Waals surface area contributed by atoms with E-state index in [0.717, 1.165) is 12.1 Å². The summed E-state index contributed by atoms with van der Waals surface area (Å²) in [6.45, 7) is 2.06. The minimum Gasteiger partial charge on any atom is -0.309 e. The topological polar surface area (TPSA) is 20.3 Å². The van der Waals surface area contributed by atoms with Crippen molar-refractivity contribution in [3.8, 4) is 0 Å². The molecule has 1 saturated carbocycles. The predicted molar refractivity (Wildman–Crippen MR) is 69.6 cm³/mol. The smallest absolute Gasteiger partial charge is 0.233 e. The minimum absolute atomic E-state index is 0.0625. The second kappa shape index (κ2) is 3.63. The van der Waals surface area contributed by atoms with Crippen molar-refractivity contribution in [1.82, 2.24) is 0 Å². The molecule has 4 heteroatoms. The second-order valence-corrected chi connectivity index (χ2v) is 6.45. The van der Waals surface area contributed by atoms with Gasteiger partial charge in [0.05, 0.1) is 5.92 Å². The van der Waals surface area contributed by atoms with Crippen LogP contribution in [0.1, 0.15) is 18.9 Å². The number of hydrogen-bond acceptors (Lipinski definition) is 1. The maximum absolute atomic E-state index is 12.4. The zero-order valence-electron chi connectivity index (χ0n) is 9.49. The van der Waals surface area contributed by atoms with Crippen LogP contribution in [-0.2, 0) is 11.2 Å². The number of anilines is 1. The summed E-state index contributed by atoms with van der Waals surface area (Å²) in [4.78, 5) is 14.2. The lowest BCUT2D eigenvalue weighted by molar-refractivity contribution is -0.120. The Balaban J connectivity index is 1.91. The molecule has 90 valence electrons. The van der Waals surface area contributed by atoms with Crippen molar-refractivity contribution in [1.29, 1.82) is 0 Å². The molecule has 2 nitrogen and oxygen atoms in total. The molecule has 0 bridgehead atoms. The fraction of sp³-hybridized carbons (Fsp3) is 0.462. The van der Waals surface area contributed by atoms with Gasteiger partial charge in [0.2, 0.25) is 5.91 Å².